The number of thiophene rings is 1. The minimum absolute atomic E-state index is 0.0112. The van der Waals surface area contributed by atoms with Crippen molar-refractivity contribution in [3.05, 3.63) is 64.7 Å². The number of H-pyrrole nitrogens is 1. The number of likely N-dealkylation sites (tertiary alicyclic amines) is 1. The largest absolute Gasteiger partial charge is 0.330 e. The molecule has 1 saturated heterocycles. The number of carbonyl (C=O) groups is 1. The molecule has 0 aliphatic carbocycles. The first-order valence-corrected chi connectivity index (χ1v) is 9.07. The summed E-state index contributed by atoms with van der Waals surface area (Å²) >= 11 is 1.64. The molecule has 0 bridgehead atoms. The van der Waals surface area contributed by atoms with E-state index in [4.69, 9.17) is 0 Å². The van der Waals surface area contributed by atoms with Gasteiger partial charge in [-0.25, -0.2) is 0 Å². The van der Waals surface area contributed by atoms with Gasteiger partial charge in [-0.05, 0) is 42.8 Å². The first kappa shape index (κ1) is 15.1. The lowest BCUT2D eigenvalue weighted by molar-refractivity contribution is 0.0729. The molecule has 1 aromatic carbocycles. The third kappa shape index (κ3) is 2.76. The highest BCUT2D eigenvalue weighted by molar-refractivity contribution is 7.13. The summed E-state index contributed by atoms with van der Waals surface area (Å²) in [6, 6.07) is 14.5. The molecular weight excluding hydrogens is 318 g/mol. The van der Waals surface area contributed by atoms with Crippen LogP contribution in [0.15, 0.2) is 47.8 Å². The van der Waals surface area contributed by atoms with Gasteiger partial charge in [-0.15, -0.1) is 11.3 Å². The molecule has 1 N–H and O–H groups in total. The van der Waals surface area contributed by atoms with Gasteiger partial charge in [0.15, 0.2) is 5.69 Å². The Balaban J connectivity index is 1.58. The predicted octanol–water partition coefficient (Wildman–Crippen LogP) is 4.42. The van der Waals surface area contributed by atoms with E-state index in [-0.39, 0.29) is 11.9 Å². The Morgan fingerprint density at radius 3 is 2.88 bits per heavy atom. The van der Waals surface area contributed by atoms with Gasteiger partial charge >= 0.3 is 0 Å². The summed E-state index contributed by atoms with van der Waals surface area (Å²) in [6.45, 7) is 2.87. The lowest BCUT2D eigenvalue weighted by Gasteiger charge is -2.24. The second-order valence-corrected chi connectivity index (χ2v) is 7.16. The quantitative estimate of drug-likeness (QED) is 0.769. The van der Waals surface area contributed by atoms with Crippen molar-refractivity contribution in [3.63, 3.8) is 0 Å². The van der Waals surface area contributed by atoms with E-state index in [0.717, 1.165) is 30.0 Å². The molecule has 1 fully saturated rings. The highest BCUT2D eigenvalue weighted by Crippen LogP contribution is 2.33. The van der Waals surface area contributed by atoms with Crippen LogP contribution in [0.1, 0.15) is 40.5 Å². The summed E-state index contributed by atoms with van der Waals surface area (Å²) in [6.07, 6.45) is 2.05. The van der Waals surface area contributed by atoms with Crippen molar-refractivity contribution in [3.8, 4) is 10.6 Å². The number of aryl methyl sites for hydroxylation is 1. The van der Waals surface area contributed by atoms with Crippen LogP contribution in [0.3, 0.4) is 0 Å². The van der Waals surface area contributed by atoms with E-state index in [2.05, 4.69) is 41.4 Å². The fourth-order valence-corrected chi connectivity index (χ4v) is 3.97. The lowest BCUT2D eigenvalue weighted by atomic mass is 10.0. The molecular formula is C19H19N3OS. The van der Waals surface area contributed by atoms with Gasteiger partial charge in [0.25, 0.3) is 5.91 Å². The van der Waals surface area contributed by atoms with Crippen molar-refractivity contribution in [1.29, 1.82) is 0 Å². The molecule has 24 heavy (non-hydrogen) atoms. The standard InChI is InChI=1S/C19H19N3OS/c1-13-6-8-14(9-7-13)17-4-2-10-22(17)19(23)16-12-15(20-21-16)18-5-3-11-24-18/h3,5-9,11-12,17H,2,4,10H2,1H3,(H,20,21). The minimum atomic E-state index is 0.0112. The van der Waals surface area contributed by atoms with Crippen LogP contribution in [-0.2, 0) is 0 Å². The maximum Gasteiger partial charge on any atom is 0.274 e. The summed E-state index contributed by atoms with van der Waals surface area (Å²) in [5.74, 6) is 0.0112. The Kier molecular flexibility index (Phi) is 3.94. The Labute approximate surface area is 145 Å². The summed E-state index contributed by atoms with van der Waals surface area (Å²) < 4.78 is 0. The molecule has 1 atom stereocenters. The minimum Gasteiger partial charge on any atom is -0.330 e. The maximum absolute atomic E-state index is 12.9. The van der Waals surface area contributed by atoms with E-state index in [1.54, 1.807) is 11.3 Å². The van der Waals surface area contributed by atoms with Crippen LogP contribution in [0.25, 0.3) is 10.6 Å². The van der Waals surface area contributed by atoms with E-state index in [1.165, 1.54) is 11.1 Å². The topological polar surface area (TPSA) is 49.0 Å². The van der Waals surface area contributed by atoms with Crippen molar-refractivity contribution >= 4 is 17.2 Å². The van der Waals surface area contributed by atoms with Crippen LogP contribution in [0.5, 0.6) is 0 Å². The molecule has 0 radical (unpaired) electrons. The zero-order chi connectivity index (χ0) is 16.5. The van der Waals surface area contributed by atoms with Gasteiger partial charge in [0.05, 0.1) is 16.6 Å². The Hall–Kier alpha value is -2.40. The molecule has 2 aromatic heterocycles. The predicted molar refractivity (Wildman–Crippen MR) is 96.1 cm³/mol. The van der Waals surface area contributed by atoms with Crippen LogP contribution in [0.2, 0.25) is 0 Å². The molecule has 1 aliphatic heterocycles. The molecule has 1 unspecified atom stereocenters. The van der Waals surface area contributed by atoms with Crippen molar-refractivity contribution < 1.29 is 4.79 Å². The van der Waals surface area contributed by atoms with Crippen LogP contribution in [0, 0.1) is 6.92 Å². The molecule has 3 heterocycles. The van der Waals surface area contributed by atoms with E-state index >= 15 is 0 Å². The van der Waals surface area contributed by atoms with Gasteiger partial charge in [-0.3, -0.25) is 9.89 Å². The number of amides is 1. The zero-order valence-electron chi connectivity index (χ0n) is 13.5. The fourth-order valence-electron chi connectivity index (χ4n) is 3.28. The Bertz CT molecular complexity index is 836. The molecule has 122 valence electrons. The Morgan fingerprint density at radius 2 is 2.12 bits per heavy atom. The molecule has 5 heteroatoms. The molecule has 1 aliphatic rings. The zero-order valence-corrected chi connectivity index (χ0v) is 14.3. The molecule has 1 amide bonds. The van der Waals surface area contributed by atoms with Crippen LogP contribution in [0.4, 0.5) is 0 Å². The third-order valence-corrected chi connectivity index (χ3v) is 5.46. The monoisotopic (exact) mass is 337 g/mol. The van der Waals surface area contributed by atoms with Gasteiger partial charge in [0.2, 0.25) is 0 Å². The van der Waals surface area contributed by atoms with E-state index in [9.17, 15) is 4.79 Å². The van der Waals surface area contributed by atoms with E-state index in [0.29, 0.717) is 5.69 Å². The number of nitrogens with zero attached hydrogens (tertiary/aromatic N) is 2. The summed E-state index contributed by atoms with van der Waals surface area (Å²) in [5, 5.41) is 9.26. The molecule has 0 spiro atoms. The molecule has 3 aromatic rings. The second-order valence-electron chi connectivity index (χ2n) is 6.21. The lowest BCUT2D eigenvalue weighted by Crippen LogP contribution is -2.30. The number of carbonyl (C=O) groups excluding carboxylic acids is 1. The van der Waals surface area contributed by atoms with Crippen LogP contribution < -0.4 is 0 Å². The smallest absolute Gasteiger partial charge is 0.274 e. The SMILES string of the molecule is Cc1ccc(C2CCCN2C(=O)c2cc(-c3cccs3)[nH]n2)cc1. The summed E-state index contributed by atoms with van der Waals surface area (Å²) in [4.78, 5) is 16.0. The van der Waals surface area contributed by atoms with Gasteiger partial charge in [-0.2, -0.15) is 5.10 Å². The van der Waals surface area contributed by atoms with Crippen LogP contribution in [-0.4, -0.2) is 27.5 Å². The molecule has 4 rings (SSSR count). The van der Waals surface area contributed by atoms with E-state index in [1.807, 2.05) is 28.5 Å². The number of nitrogens with one attached hydrogen (secondary N) is 1. The summed E-state index contributed by atoms with van der Waals surface area (Å²) in [7, 11) is 0. The molecule has 4 nitrogen and oxygen atoms in total. The first-order chi connectivity index (χ1) is 11.7. The average molecular weight is 337 g/mol. The summed E-state index contributed by atoms with van der Waals surface area (Å²) in [5.41, 5.74) is 3.85. The second kappa shape index (κ2) is 6.24. The molecule has 0 saturated carbocycles. The van der Waals surface area contributed by atoms with Gasteiger partial charge in [0.1, 0.15) is 0 Å². The highest BCUT2D eigenvalue weighted by atomic mass is 32.1. The van der Waals surface area contributed by atoms with Crippen molar-refractivity contribution in [2.24, 2.45) is 0 Å². The van der Waals surface area contributed by atoms with E-state index < -0.39 is 0 Å². The number of benzene rings is 1. The van der Waals surface area contributed by atoms with Crippen molar-refractivity contribution in [1.82, 2.24) is 15.1 Å². The number of rotatable bonds is 3. The maximum atomic E-state index is 12.9. The third-order valence-electron chi connectivity index (χ3n) is 4.56. The Morgan fingerprint density at radius 1 is 1.29 bits per heavy atom. The van der Waals surface area contributed by atoms with Gasteiger partial charge in [0, 0.05) is 6.54 Å². The van der Waals surface area contributed by atoms with Gasteiger partial charge in [-0.1, -0.05) is 35.9 Å². The number of hydrogen-bond acceptors (Lipinski definition) is 3. The number of aromatic amines is 1. The first-order valence-electron chi connectivity index (χ1n) is 8.19. The highest BCUT2D eigenvalue weighted by Gasteiger charge is 2.31. The number of hydrogen-bond donors (Lipinski definition) is 1. The average Bonchev–Trinajstić information content (AvgIpc) is 3.34. The number of aromatic nitrogens is 2. The van der Waals surface area contributed by atoms with Gasteiger partial charge < -0.3 is 4.90 Å². The van der Waals surface area contributed by atoms with Crippen molar-refractivity contribution in [2.75, 3.05) is 6.54 Å². The van der Waals surface area contributed by atoms with Crippen molar-refractivity contribution in [2.45, 2.75) is 25.8 Å². The normalized spacial score (nSPS) is 17.4. The fraction of sp³-hybridized carbons (Fsp3) is 0.263. The van der Waals surface area contributed by atoms with Crippen LogP contribution >= 0.6 is 11.3 Å².